The molecule has 4 rings (SSSR count). The lowest BCUT2D eigenvalue weighted by Gasteiger charge is -2.20. The third kappa shape index (κ3) is 3.09. The predicted octanol–water partition coefficient (Wildman–Crippen LogP) is 3.46. The topological polar surface area (TPSA) is 55.2 Å². The molecule has 1 aliphatic heterocycles. The molecule has 1 fully saturated rings. The average Bonchev–Trinajstić information content (AvgIpc) is 3.33. The van der Waals surface area contributed by atoms with Crippen molar-refractivity contribution in [3.63, 3.8) is 0 Å². The van der Waals surface area contributed by atoms with Gasteiger partial charge in [0.25, 0.3) is 5.56 Å². The highest BCUT2D eigenvalue weighted by Crippen LogP contribution is 2.36. The molecule has 0 radical (unpaired) electrons. The Balaban J connectivity index is 1.70. The van der Waals surface area contributed by atoms with Crippen LogP contribution in [0.2, 0.25) is 0 Å². The Labute approximate surface area is 161 Å². The lowest BCUT2D eigenvalue weighted by molar-refractivity contribution is -0.129. The minimum Gasteiger partial charge on any atom is -0.342 e. The third-order valence-corrected chi connectivity index (χ3v) is 7.55. The van der Waals surface area contributed by atoms with Gasteiger partial charge in [-0.3, -0.25) is 14.2 Å². The fraction of sp³-hybridized carbons (Fsp3) is 0.632. The molecule has 1 atom stereocenters. The first-order chi connectivity index (χ1) is 12.6. The zero-order valence-electron chi connectivity index (χ0n) is 15.4. The van der Waals surface area contributed by atoms with E-state index in [4.69, 9.17) is 4.98 Å². The third-order valence-electron chi connectivity index (χ3n) is 5.28. The van der Waals surface area contributed by atoms with E-state index in [9.17, 15) is 9.59 Å². The normalized spacial score (nSPS) is 17.8. The van der Waals surface area contributed by atoms with Gasteiger partial charge in [0.05, 0.1) is 10.6 Å². The highest BCUT2D eigenvalue weighted by molar-refractivity contribution is 8.00. The van der Waals surface area contributed by atoms with Crippen LogP contribution in [-0.4, -0.2) is 38.7 Å². The second kappa shape index (κ2) is 7.35. The van der Waals surface area contributed by atoms with E-state index in [0.717, 1.165) is 61.8 Å². The van der Waals surface area contributed by atoms with Crippen LogP contribution in [0.1, 0.15) is 50.0 Å². The van der Waals surface area contributed by atoms with E-state index < -0.39 is 0 Å². The van der Waals surface area contributed by atoms with Crippen molar-refractivity contribution in [2.24, 2.45) is 0 Å². The Bertz CT molecular complexity index is 896. The molecule has 1 aliphatic carbocycles. The first-order valence-corrected chi connectivity index (χ1v) is 11.3. The highest BCUT2D eigenvalue weighted by Gasteiger charge is 2.27. The second-order valence-electron chi connectivity index (χ2n) is 7.18. The van der Waals surface area contributed by atoms with E-state index in [2.05, 4.69) is 6.92 Å². The number of rotatable bonds is 5. The molecule has 5 nitrogen and oxygen atoms in total. The number of nitrogens with zero attached hydrogens (tertiary/aromatic N) is 3. The molecule has 26 heavy (non-hydrogen) atoms. The molecule has 1 unspecified atom stereocenters. The van der Waals surface area contributed by atoms with Gasteiger partial charge in [-0.25, -0.2) is 4.98 Å². The molecule has 0 aromatic carbocycles. The summed E-state index contributed by atoms with van der Waals surface area (Å²) in [6.45, 7) is 6.37. The maximum absolute atomic E-state index is 13.2. The summed E-state index contributed by atoms with van der Waals surface area (Å²) >= 11 is 3.11. The number of amides is 1. The molecule has 2 aliphatic rings. The number of carbonyl (C=O) groups excluding carboxylic acids is 1. The van der Waals surface area contributed by atoms with Crippen LogP contribution < -0.4 is 5.56 Å². The van der Waals surface area contributed by atoms with E-state index in [0.29, 0.717) is 11.7 Å². The van der Waals surface area contributed by atoms with E-state index in [-0.39, 0.29) is 16.7 Å². The van der Waals surface area contributed by atoms with Crippen LogP contribution in [0.5, 0.6) is 0 Å². The highest BCUT2D eigenvalue weighted by atomic mass is 32.2. The molecule has 3 heterocycles. The van der Waals surface area contributed by atoms with Crippen LogP contribution in [0.3, 0.4) is 0 Å². The molecule has 1 amide bonds. The zero-order valence-corrected chi connectivity index (χ0v) is 17.0. The van der Waals surface area contributed by atoms with Crippen LogP contribution >= 0.6 is 23.1 Å². The molecule has 140 valence electrons. The van der Waals surface area contributed by atoms with E-state index in [1.807, 2.05) is 11.8 Å². The van der Waals surface area contributed by atoms with Crippen LogP contribution in [0, 0.1) is 0 Å². The number of thiophene rings is 1. The van der Waals surface area contributed by atoms with Gasteiger partial charge in [-0.15, -0.1) is 11.3 Å². The van der Waals surface area contributed by atoms with Crippen molar-refractivity contribution >= 4 is 39.2 Å². The molecule has 7 heteroatoms. The van der Waals surface area contributed by atoms with Crippen molar-refractivity contribution in [1.82, 2.24) is 14.5 Å². The van der Waals surface area contributed by atoms with Crippen molar-refractivity contribution < 1.29 is 4.79 Å². The SMILES string of the molecule is CCCn1c(SC(C)C(=O)N2CCCC2)nc2sc3c(c2c1=O)CCC3. The number of carbonyl (C=O) groups is 1. The smallest absolute Gasteiger partial charge is 0.263 e. The minimum absolute atomic E-state index is 0.0829. The summed E-state index contributed by atoms with van der Waals surface area (Å²) in [6.07, 6.45) is 6.26. The van der Waals surface area contributed by atoms with Crippen LogP contribution in [0.4, 0.5) is 0 Å². The number of thioether (sulfide) groups is 1. The van der Waals surface area contributed by atoms with Crippen molar-refractivity contribution in [3.8, 4) is 0 Å². The summed E-state index contributed by atoms with van der Waals surface area (Å²) in [7, 11) is 0. The predicted molar refractivity (Wildman–Crippen MR) is 107 cm³/mol. The molecule has 0 spiro atoms. The van der Waals surface area contributed by atoms with Gasteiger partial charge in [0.1, 0.15) is 4.83 Å². The second-order valence-corrected chi connectivity index (χ2v) is 9.57. The molecule has 2 aromatic heterocycles. The number of aromatic nitrogens is 2. The summed E-state index contributed by atoms with van der Waals surface area (Å²) in [6, 6.07) is 0. The van der Waals surface area contributed by atoms with Crippen LogP contribution in [-0.2, 0) is 24.2 Å². The Kier molecular flexibility index (Phi) is 5.10. The Morgan fingerprint density at radius 1 is 1.27 bits per heavy atom. The molecular formula is C19H25N3O2S2. The summed E-state index contributed by atoms with van der Waals surface area (Å²) < 4.78 is 1.80. The van der Waals surface area contributed by atoms with Gasteiger partial charge >= 0.3 is 0 Å². The summed E-state index contributed by atoms with van der Waals surface area (Å²) in [5.41, 5.74) is 1.31. The molecule has 1 saturated heterocycles. The monoisotopic (exact) mass is 391 g/mol. The number of aryl methyl sites for hydroxylation is 2. The number of fused-ring (bicyclic) bond motifs is 3. The number of hydrogen-bond donors (Lipinski definition) is 0. The molecule has 0 N–H and O–H groups in total. The fourth-order valence-corrected chi connectivity index (χ4v) is 6.29. The standard InChI is InChI=1S/C19H25N3O2S2/c1-3-9-22-18(24)15-13-7-6-8-14(13)26-16(15)20-19(22)25-12(2)17(23)21-10-4-5-11-21/h12H,3-11H2,1-2H3. The molecule has 2 aromatic rings. The molecule has 0 bridgehead atoms. The van der Waals surface area contributed by atoms with Crippen molar-refractivity contribution in [1.29, 1.82) is 0 Å². The Morgan fingerprint density at radius 2 is 2.04 bits per heavy atom. The number of hydrogen-bond acceptors (Lipinski definition) is 5. The summed E-state index contributed by atoms with van der Waals surface area (Å²) in [4.78, 5) is 34.8. The van der Waals surface area contributed by atoms with Crippen molar-refractivity contribution in [2.75, 3.05) is 13.1 Å². The fourth-order valence-electron chi connectivity index (χ4n) is 3.97. The quantitative estimate of drug-likeness (QED) is 0.579. The van der Waals surface area contributed by atoms with Crippen LogP contribution in [0.25, 0.3) is 10.2 Å². The Hall–Kier alpha value is -1.34. The molecule has 0 saturated carbocycles. The van der Waals surface area contributed by atoms with Gasteiger partial charge in [0, 0.05) is 24.5 Å². The van der Waals surface area contributed by atoms with Gasteiger partial charge in [-0.2, -0.15) is 0 Å². The zero-order chi connectivity index (χ0) is 18.3. The maximum Gasteiger partial charge on any atom is 0.263 e. The van der Waals surface area contributed by atoms with Crippen molar-refractivity contribution in [2.45, 2.75) is 69.3 Å². The van der Waals surface area contributed by atoms with Gasteiger partial charge in [0.2, 0.25) is 5.91 Å². The van der Waals surface area contributed by atoms with Gasteiger partial charge in [-0.1, -0.05) is 18.7 Å². The van der Waals surface area contributed by atoms with Gasteiger partial charge in [-0.05, 0) is 51.0 Å². The van der Waals surface area contributed by atoms with E-state index in [1.54, 1.807) is 15.9 Å². The van der Waals surface area contributed by atoms with Crippen molar-refractivity contribution in [3.05, 3.63) is 20.8 Å². The maximum atomic E-state index is 13.2. The average molecular weight is 392 g/mol. The summed E-state index contributed by atoms with van der Waals surface area (Å²) in [5.74, 6) is 0.165. The Morgan fingerprint density at radius 3 is 2.77 bits per heavy atom. The van der Waals surface area contributed by atoms with Gasteiger partial charge < -0.3 is 4.90 Å². The largest absolute Gasteiger partial charge is 0.342 e. The summed E-state index contributed by atoms with van der Waals surface area (Å²) in [5, 5.41) is 1.32. The molecular weight excluding hydrogens is 366 g/mol. The number of likely N-dealkylation sites (tertiary alicyclic amines) is 1. The first kappa shape index (κ1) is 18.0. The lowest BCUT2D eigenvalue weighted by Crippen LogP contribution is -2.34. The minimum atomic E-state index is -0.215. The van der Waals surface area contributed by atoms with E-state index in [1.165, 1.54) is 22.2 Å². The van der Waals surface area contributed by atoms with E-state index >= 15 is 0 Å². The lowest BCUT2D eigenvalue weighted by atomic mass is 10.2. The van der Waals surface area contributed by atoms with Crippen LogP contribution in [0.15, 0.2) is 9.95 Å². The van der Waals surface area contributed by atoms with Gasteiger partial charge in [0.15, 0.2) is 5.16 Å². The first-order valence-electron chi connectivity index (χ1n) is 9.60.